The summed E-state index contributed by atoms with van der Waals surface area (Å²) in [5.41, 5.74) is 6.62. The predicted octanol–water partition coefficient (Wildman–Crippen LogP) is 2.52. The number of carbonyl (C=O) groups excluding carboxylic acids is 1. The molecule has 1 aromatic rings. The summed E-state index contributed by atoms with van der Waals surface area (Å²) >= 11 is 0. The summed E-state index contributed by atoms with van der Waals surface area (Å²) < 4.78 is 10.7. The highest BCUT2D eigenvalue weighted by Gasteiger charge is 2.34. The van der Waals surface area contributed by atoms with Gasteiger partial charge in [-0.15, -0.1) is 0 Å². The molecule has 3 atom stereocenters. The minimum Gasteiger partial charge on any atom is -0.443 e. The van der Waals surface area contributed by atoms with Crippen molar-refractivity contribution in [3.05, 3.63) is 35.9 Å². The van der Waals surface area contributed by atoms with Gasteiger partial charge in [-0.3, -0.25) is 10.3 Å². The molecule has 1 aliphatic heterocycles. The summed E-state index contributed by atoms with van der Waals surface area (Å²) in [4.78, 5) is 14.3. The van der Waals surface area contributed by atoms with Crippen molar-refractivity contribution >= 4 is 6.09 Å². The molecule has 0 saturated carbocycles. The molecule has 2 unspecified atom stereocenters. The fourth-order valence-electron chi connectivity index (χ4n) is 3.11. The van der Waals surface area contributed by atoms with E-state index in [0.717, 1.165) is 19.6 Å². The standard InChI is InChI=1S/C19H31N3O3/c1-14(24-5)11-22-12-16(15-9-7-6-8-10-15)17(13-22)20-21-18(23)25-19(2,3)4/h6-10,14,16-17,20H,11-13H2,1-5H3,(H,21,23)/t14-,16?,17?/m0/s1. The maximum atomic E-state index is 11.9. The van der Waals surface area contributed by atoms with Crippen LogP contribution in [-0.2, 0) is 9.47 Å². The normalized spacial score (nSPS) is 22.6. The lowest BCUT2D eigenvalue weighted by Crippen LogP contribution is -2.49. The molecule has 6 heteroatoms. The van der Waals surface area contributed by atoms with Crippen molar-refractivity contribution in [3.63, 3.8) is 0 Å². The second-order valence-electron chi connectivity index (χ2n) is 7.66. The molecule has 0 bridgehead atoms. The molecule has 2 rings (SSSR count). The summed E-state index contributed by atoms with van der Waals surface area (Å²) in [5, 5.41) is 0. The van der Waals surface area contributed by atoms with Gasteiger partial charge in [-0.1, -0.05) is 30.3 Å². The number of methoxy groups -OCH3 is 1. The second kappa shape index (κ2) is 8.65. The van der Waals surface area contributed by atoms with Crippen LogP contribution in [-0.4, -0.2) is 55.5 Å². The van der Waals surface area contributed by atoms with Crippen LogP contribution in [0.1, 0.15) is 39.2 Å². The van der Waals surface area contributed by atoms with Gasteiger partial charge in [0.2, 0.25) is 0 Å². The summed E-state index contributed by atoms with van der Waals surface area (Å²) in [7, 11) is 1.73. The molecule has 0 radical (unpaired) electrons. The van der Waals surface area contributed by atoms with E-state index < -0.39 is 11.7 Å². The molecule has 1 aromatic carbocycles. The molecule has 25 heavy (non-hydrogen) atoms. The Morgan fingerprint density at radius 3 is 2.56 bits per heavy atom. The van der Waals surface area contributed by atoms with Gasteiger partial charge >= 0.3 is 6.09 Å². The van der Waals surface area contributed by atoms with Gasteiger partial charge in [-0.25, -0.2) is 10.2 Å². The Bertz CT molecular complexity index is 545. The van der Waals surface area contributed by atoms with Gasteiger partial charge in [0, 0.05) is 38.7 Å². The van der Waals surface area contributed by atoms with Gasteiger partial charge in [-0.05, 0) is 33.3 Å². The molecule has 0 aliphatic carbocycles. The lowest BCUT2D eigenvalue weighted by Gasteiger charge is -2.23. The second-order valence-corrected chi connectivity index (χ2v) is 7.66. The minimum atomic E-state index is -0.514. The Labute approximate surface area is 150 Å². The Hall–Kier alpha value is -1.63. The van der Waals surface area contributed by atoms with E-state index in [1.54, 1.807) is 7.11 Å². The molecular weight excluding hydrogens is 318 g/mol. The number of benzene rings is 1. The van der Waals surface area contributed by atoms with Gasteiger partial charge in [-0.2, -0.15) is 0 Å². The van der Waals surface area contributed by atoms with Crippen LogP contribution < -0.4 is 10.9 Å². The monoisotopic (exact) mass is 349 g/mol. The minimum absolute atomic E-state index is 0.110. The van der Waals surface area contributed by atoms with Crippen LogP contribution in [0.15, 0.2) is 30.3 Å². The van der Waals surface area contributed by atoms with E-state index in [9.17, 15) is 4.79 Å². The van der Waals surface area contributed by atoms with E-state index in [2.05, 4.69) is 34.8 Å². The smallest absolute Gasteiger partial charge is 0.422 e. The third-order valence-corrected chi connectivity index (χ3v) is 4.30. The number of hydrogen-bond donors (Lipinski definition) is 2. The number of nitrogens with zero attached hydrogens (tertiary/aromatic N) is 1. The number of hydrazine groups is 1. The van der Waals surface area contributed by atoms with Crippen molar-refractivity contribution < 1.29 is 14.3 Å². The molecule has 2 N–H and O–H groups in total. The first-order valence-electron chi connectivity index (χ1n) is 8.83. The molecule has 1 saturated heterocycles. The van der Waals surface area contributed by atoms with Crippen LogP contribution in [0.4, 0.5) is 4.79 Å². The first-order valence-corrected chi connectivity index (χ1v) is 8.83. The fraction of sp³-hybridized carbons (Fsp3) is 0.632. The molecule has 1 aliphatic rings. The molecule has 6 nitrogen and oxygen atoms in total. The fourth-order valence-corrected chi connectivity index (χ4v) is 3.11. The maximum Gasteiger partial charge on any atom is 0.422 e. The number of hydrogen-bond acceptors (Lipinski definition) is 5. The Morgan fingerprint density at radius 1 is 1.28 bits per heavy atom. The number of ether oxygens (including phenoxy) is 2. The Kier molecular flexibility index (Phi) is 6.81. The number of amides is 1. The van der Waals surface area contributed by atoms with Crippen LogP contribution in [0, 0.1) is 0 Å². The third kappa shape index (κ3) is 6.30. The van der Waals surface area contributed by atoms with E-state index in [1.807, 2.05) is 39.0 Å². The SMILES string of the molecule is CO[C@@H](C)CN1CC(NNC(=O)OC(C)(C)C)C(c2ccccc2)C1. The van der Waals surface area contributed by atoms with Crippen molar-refractivity contribution in [1.29, 1.82) is 0 Å². The van der Waals surface area contributed by atoms with Gasteiger partial charge in [0.1, 0.15) is 5.60 Å². The van der Waals surface area contributed by atoms with Crippen molar-refractivity contribution in [1.82, 2.24) is 15.8 Å². The maximum absolute atomic E-state index is 11.9. The highest BCUT2D eigenvalue weighted by molar-refractivity contribution is 5.67. The van der Waals surface area contributed by atoms with Crippen LogP contribution in [0.25, 0.3) is 0 Å². The van der Waals surface area contributed by atoms with Crippen molar-refractivity contribution in [2.75, 3.05) is 26.7 Å². The first-order chi connectivity index (χ1) is 11.8. The summed E-state index contributed by atoms with van der Waals surface area (Å²) in [6, 6.07) is 10.5. The predicted molar refractivity (Wildman–Crippen MR) is 98.4 cm³/mol. The van der Waals surface area contributed by atoms with E-state index in [-0.39, 0.29) is 12.1 Å². The van der Waals surface area contributed by atoms with E-state index in [1.165, 1.54) is 5.56 Å². The molecule has 0 spiro atoms. The number of rotatable bonds is 6. The zero-order valence-corrected chi connectivity index (χ0v) is 15.9. The first kappa shape index (κ1) is 19.7. The molecule has 1 heterocycles. The van der Waals surface area contributed by atoms with Crippen LogP contribution >= 0.6 is 0 Å². The van der Waals surface area contributed by atoms with E-state index >= 15 is 0 Å². The van der Waals surface area contributed by atoms with Crippen LogP contribution in [0.2, 0.25) is 0 Å². The van der Waals surface area contributed by atoms with Gasteiger partial charge in [0.15, 0.2) is 0 Å². The molecule has 140 valence electrons. The van der Waals surface area contributed by atoms with E-state index in [4.69, 9.17) is 9.47 Å². The highest BCUT2D eigenvalue weighted by Crippen LogP contribution is 2.27. The van der Waals surface area contributed by atoms with Gasteiger partial charge < -0.3 is 9.47 Å². The quantitative estimate of drug-likeness (QED) is 0.773. The van der Waals surface area contributed by atoms with Crippen molar-refractivity contribution in [2.45, 2.75) is 51.4 Å². The largest absolute Gasteiger partial charge is 0.443 e. The molecule has 0 aromatic heterocycles. The zero-order valence-electron chi connectivity index (χ0n) is 15.9. The van der Waals surface area contributed by atoms with Crippen molar-refractivity contribution in [3.8, 4) is 0 Å². The lowest BCUT2D eigenvalue weighted by atomic mass is 9.95. The number of nitrogens with one attached hydrogen (secondary N) is 2. The lowest BCUT2D eigenvalue weighted by molar-refractivity contribution is 0.0484. The molecule has 1 fully saturated rings. The van der Waals surface area contributed by atoms with Gasteiger partial charge in [0.25, 0.3) is 0 Å². The molecular formula is C19H31N3O3. The topological polar surface area (TPSA) is 62.8 Å². The Balaban J connectivity index is 2.00. The third-order valence-electron chi connectivity index (χ3n) is 4.30. The summed E-state index contributed by atoms with van der Waals surface area (Å²) in [5.74, 6) is 0.292. The van der Waals surface area contributed by atoms with Crippen LogP contribution in [0.5, 0.6) is 0 Å². The van der Waals surface area contributed by atoms with E-state index in [0.29, 0.717) is 5.92 Å². The highest BCUT2D eigenvalue weighted by atomic mass is 16.6. The number of carbonyl (C=O) groups is 1. The molecule has 1 amide bonds. The average Bonchev–Trinajstić information content (AvgIpc) is 2.95. The number of likely N-dealkylation sites (tertiary alicyclic amines) is 1. The van der Waals surface area contributed by atoms with Crippen molar-refractivity contribution in [2.24, 2.45) is 0 Å². The van der Waals surface area contributed by atoms with Gasteiger partial charge in [0.05, 0.1) is 6.10 Å². The zero-order chi connectivity index (χ0) is 18.4. The summed E-state index contributed by atoms with van der Waals surface area (Å²) in [6.07, 6.45) is -0.281. The average molecular weight is 349 g/mol. The van der Waals surface area contributed by atoms with Crippen LogP contribution in [0.3, 0.4) is 0 Å². The Morgan fingerprint density at radius 2 is 1.96 bits per heavy atom. The summed E-state index contributed by atoms with van der Waals surface area (Å²) in [6.45, 7) is 10.2.